The molecule has 23 heavy (non-hydrogen) atoms. The summed E-state index contributed by atoms with van der Waals surface area (Å²) in [6, 6.07) is 8.01. The second kappa shape index (κ2) is 9.11. The predicted octanol–water partition coefficient (Wildman–Crippen LogP) is 2.47. The molecule has 5 nitrogen and oxygen atoms in total. The third kappa shape index (κ3) is 4.59. The smallest absolute Gasteiger partial charge is 0.224 e. The van der Waals surface area contributed by atoms with Crippen molar-refractivity contribution in [2.45, 2.75) is 25.8 Å². The Morgan fingerprint density at radius 3 is 2.61 bits per heavy atom. The number of nitrogens with zero attached hydrogens (tertiary/aromatic N) is 3. The summed E-state index contributed by atoms with van der Waals surface area (Å²) in [5, 5.41) is 0. The van der Waals surface area contributed by atoms with Crippen molar-refractivity contribution in [2.24, 2.45) is 11.7 Å². The van der Waals surface area contributed by atoms with E-state index in [-0.39, 0.29) is 30.7 Å². The molecular weight excluding hydrogens is 335 g/mol. The number of amides is 1. The summed E-state index contributed by atoms with van der Waals surface area (Å²) < 4.78 is 2.06. The van der Waals surface area contributed by atoms with Crippen molar-refractivity contribution in [3.8, 4) is 0 Å². The Kier molecular flexibility index (Phi) is 7.82. The van der Waals surface area contributed by atoms with Gasteiger partial charge in [0.1, 0.15) is 0 Å². The molecule has 1 aromatic carbocycles. The summed E-state index contributed by atoms with van der Waals surface area (Å²) in [6.45, 7) is 3.13. The summed E-state index contributed by atoms with van der Waals surface area (Å²) in [5.41, 5.74) is 7.76. The number of hydrogen-bond donors (Lipinski definition) is 1. The number of rotatable bonds is 4. The van der Waals surface area contributed by atoms with Crippen LogP contribution < -0.4 is 5.73 Å². The average Bonchev–Trinajstić information content (AvgIpc) is 2.96. The topological polar surface area (TPSA) is 64.2 Å². The van der Waals surface area contributed by atoms with Crippen LogP contribution >= 0.6 is 24.8 Å². The van der Waals surface area contributed by atoms with Crippen LogP contribution in [0, 0.1) is 5.92 Å². The van der Waals surface area contributed by atoms with E-state index in [4.69, 9.17) is 5.73 Å². The van der Waals surface area contributed by atoms with Crippen LogP contribution in [-0.4, -0.2) is 40.0 Å². The number of fused-ring (bicyclic) bond motifs is 1. The number of aryl methyl sites for hydroxylation is 1. The molecule has 1 fully saturated rings. The molecule has 0 atom stereocenters. The highest BCUT2D eigenvalue weighted by atomic mass is 35.5. The number of imidazole rings is 1. The number of aromatic nitrogens is 2. The Balaban J connectivity index is 0.00000132. The number of carbonyl (C=O) groups is 1. The molecule has 1 amide bonds. The van der Waals surface area contributed by atoms with Crippen LogP contribution in [0.25, 0.3) is 11.0 Å². The standard InChI is InChI=1S/C16H22N4O.2ClH/c17-11-13-5-8-19(9-6-13)16(21)7-10-20-12-18-14-3-1-2-4-15(14)20;;/h1-4,12-13H,5-11,17H2;2*1H. The first-order valence-electron chi connectivity index (χ1n) is 7.65. The third-order valence-electron chi connectivity index (χ3n) is 4.39. The Hall–Kier alpha value is -1.30. The van der Waals surface area contributed by atoms with E-state index in [1.807, 2.05) is 35.5 Å². The van der Waals surface area contributed by atoms with E-state index >= 15 is 0 Å². The second-order valence-electron chi connectivity index (χ2n) is 5.74. The van der Waals surface area contributed by atoms with Gasteiger partial charge in [-0.15, -0.1) is 24.8 Å². The monoisotopic (exact) mass is 358 g/mol. The molecule has 0 unspecified atom stereocenters. The molecule has 2 aromatic rings. The number of para-hydroxylation sites is 2. The van der Waals surface area contributed by atoms with Crippen molar-refractivity contribution in [1.82, 2.24) is 14.5 Å². The maximum absolute atomic E-state index is 12.3. The van der Waals surface area contributed by atoms with E-state index < -0.39 is 0 Å². The summed E-state index contributed by atoms with van der Waals surface area (Å²) in [4.78, 5) is 18.6. The van der Waals surface area contributed by atoms with Crippen molar-refractivity contribution in [2.75, 3.05) is 19.6 Å². The van der Waals surface area contributed by atoms with Gasteiger partial charge in [-0.1, -0.05) is 12.1 Å². The van der Waals surface area contributed by atoms with Crippen molar-refractivity contribution in [3.05, 3.63) is 30.6 Å². The zero-order valence-corrected chi connectivity index (χ0v) is 14.7. The van der Waals surface area contributed by atoms with E-state index in [0.29, 0.717) is 18.9 Å². The first-order chi connectivity index (χ1) is 10.3. The van der Waals surface area contributed by atoms with Gasteiger partial charge in [-0.2, -0.15) is 0 Å². The number of nitrogens with two attached hydrogens (primary N) is 1. The highest BCUT2D eigenvalue weighted by Gasteiger charge is 2.21. The molecule has 0 spiro atoms. The molecule has 1 aliphatic heterocycles. The molecule has 1 saturated heterocycles. The van der Waals surface area contributed by atoms with Crippen LogP contribution in [0.5, 0.6) is 0 Å². The molecule has 1 aliphatic rings. The third-order valence-corrected chi connectivity index (χ3v) is 4.39. The lowest BCUT2D eigenvalue weighted by Gasteiger charge is -2.31. The van der Waals surface area contributed by atoms with Gasteiger partial charge in [-0.25, -0.2) is 4.98 Å². The first kappa shape index (κ1) is 19.7. The lowest BCUT2D eigenvalue weighted by molar-refractivity contribution is -0.132. The molecule has 0 saturated carbocycles. The van der Waals surface area contributed by atoms with Crippen LogP contribution in [-0.2, 0) is 11.3 Å². The van der Waals surface area contributed by atoms with Gasteiger partial charge in [0.15, 0.2) is 0 Å². The van der Waals surface area contributed by atoms with Gasteiger partial charge < -0.3 is 15.2 Å². The zero-order valence-electron chi connectivity index (χ0n) is 13.1. The van der Waals surface area contributed by atoms with Crippen molar-refractivity contribution in [3.63, 3.8) is 0 Å². The summed E-state index contributed by atoms with van der Waals surface area (Å²) in [5.74, 6) is 0.829. The van der Waals surface area contributed by atoms with Crippen molar-refractivity contribution < 1.29 is 4.79 Å². The Labute approximate surface area is 149 Å². The van der Waals surface area contributed by atoms with E-state index in [2.05, 4.69) is 9.55 Å². The maximum Gasteiger partial charge on any atom is 0.224 e. The highest BCUT2D eigenvalue weighted by Crippen LogP contribution is 2.17. The van der Waals surface area contributed by atoms with Gasteiger partial charge in [0.05, 0.1) is 17.4 Å². The zero-order chi connectivity index (χ0) is 14.7. The van der Waals surface area contributed by atoms with Gasteiger partial charge in [-0.3, -0.25) is 4.79 Å². The number of likely N-dealkylation sites (tertiary alicyclic amines) is 1. The fraction of sp³-hybridized carbons (Fsp3) is 0.500. The maximum atomic E-state index is 12.3. The number of hydrogen-bond acceptors (Lipinski definition) is 3. The fourth-order valence-electron chi connectivity index (χ4n) is 2.98. The SMILES string of the molecule is Cl.Cl.NCC1CCN(C(=O)CCn2cnc3ccccc32)CC1. The summed E-state index contributed by atoms with van der Waals surface area (Å²) in [6.07, 6.45) is 4.43. The lowest BCUT2D eigenvalue weighted by atomic mass is 9.97. The van der Waals surface area contributed by atoms with Crippen LogP contribution in [0.2, 0.25) is 0 Å². The molecule has 2 N–H and O–H groups in total. The van der Waals surface area contributed by atoms with E-state index in [9.17, 15) is 4.79 Å². The average molecular weight is 359 g/mol. The first-order valence-corrected chi connectivity index (χ1v) is 7.65. The lowest BCUT2D eigenvalue weighted by Crippen LogP contribution is -2.40. The molecule has 0 bridgehead atoms. The Morgan fingerprint density at radius 1 is 1.22 bits per heavy atom. The minimum absolute atomic E-state index is 0. The quantitative estimate of drug-likeness (QED) is 0.912. The number of piperidine rings is 1. The van der Waals surface area contributed by atoms with E-state index in [1.165, 1.54) is 0 Å². The molecule has 1 aromatic heterocycles. The van der Waals surface area contributed by atoms with Gasteiger partial charge in [0.2, 0.25) is 5.91 Å². The second-order valence-corrected chi connectivity index (χ2v) is 5.74. The summed E-state index contributed by atoms with van der Waals surface area (Å²) >= 11 is 0. The molecule has 0 radical (unpaired) electrons. The van der Waals surface area contributed by atoms with Crippen LogP contribution in [0.4, 0.5) is 0 Å². The number of benzene rings is 1. The summed E-state index contributed by atoms with van der Waals surface area (Å²) in [7, 11) is 0. The van der Waals surface area contributed by atoms with E-state index in [0.717, 1.165) is 43.5 Å². The molecule has 3 rings (SSSR count). The molecule has 128 valence electrons. The van der Waals surface area contributed by atoms with Crippen molar-refractivity contribution >= 4 is 41.8 Å². The van der Waals surface area contributed by atoms with Gasteiger partial charge in [-0.05, 0) is 37.4 Å². The minimum Gasteiger partial charge on any atom is -0.343 e. The minimum atomic E-state index is 0. The highest BCUT2D eigenvalue weighted by molar-refractivity contribution is 5.85. The van der Waals surface area contributed by atoms with Crippen molar-refractivity contribution in [1.29, 1.82) is 0 Å². The Morgan fingerprint density at radius 2 is 1.91 bits per heavy atom. The fourth-order valence-corrected chi connectivity index (χ4v) is 2.98. The Bertz CT molecular complexity index is 623. The largest absolute Gasteiger partial charge is 0.343 e. The van der Waals surface area contributed by atoms with Crippen LogP contribution in [0.1, 0.15) is 19.3 Å². The van der Waals surface area contributed by atoms with Gasteiger partial charge >= 0.3 is 0 Å². The van der Waals surface area contributed by atoms with Crippen LogP contribution in [0.3, 0.4) is 0 Å². The van der Waals surface area contributed by atoms with Crippen LogP contribution in [0.15, 0.2) is 30.6 Å². The molecule has 0 aliphatic carbocycles. The van der Waals surface area contributed by atoms with Gasteiger partial charge in [0, 0.05) is 26.1 Å². The number of carbonyl (C=O) groups excluding carboxylic acids is 1. The molecule has 2 heterocycles. The molecule has 7 heteroatoms. The van der Waals surface area contributed by atoms with Gasteiger partial charge in [0.25, 0.3) is 0 Å². The molecular formula is C16H24Cl2N4O. The predicted molar refractivity (Wildman–Crippen MR) is 97.2 cm³/mol. The number of halogens is 2. The van der Waals surface area contributed by atoms with E-state index in [1.54, 1.807) is 0 Å². The normalized spacial score (nSPS) is 15.1.